The van der Waals surface area contributed by atoms with Gasteiger partial charge in [0.1, 0.15) is 5.82 Å². The summed E-state index contributed by atoms with van der Waals surface area (Å²) in [7, 11) is 3.95. The molecule has 0 radical (unpaired) electrons. The van der Waals surface area contributed by atoms with Crippen molar-refractivity contribution in [1.29, 1.82) is 0 Å². The normalized spacial score (nSPS) is 10.9. The fourth-order valence-corrected chi connectivity index (χ4v) is 2.82. The fraction of sp³-hybridized carbons (Fsp3) is 0.316. The minimum Gasteiger partial charge on any atom is -0.476 e. The van der Waals surface area contributed by atoms with Gasteiger partial charge in [0.2, 0.25) is 5.88 Å². The van der Waals surface area contributed by atoms with E-state index in [2.05, 4.69) is 5.10 Å². The lowest BCUT2D eigenvalue weighted by molar-refractivity contribution is -0.384. The molecule has 3 rings (SSSR count). The quantitative estimate of drug-likeness (QED) is 0.321. The van der Waals surface area contributed by atoms with E-state index in [1.165, 1.54) is 18.2 Å². The first-order valence-electron chi connectivity index (χ1n) is 8.61. The van der Waals surface area contributed by atoms with Gasteiger partial charge in [0, 0.05) is 24.2 Å². The SMILES string of the molecule is CN(C)CCCOc1nn(Cc2ccccc2F)c2ccc([N+](=O)[O-])cc12.Cl. The lowest BCUT2D eigenvalue weighted by Crippen LogP contribution is -2.15. The molecule has 0 atom stereocenters. The number of nitrogens with zero attached hydrogens (tertiary/aromatic N) is 4. The van der Waals surface area contributed by atoms with Gasteiger partial charge in [-0.1, -0.05) is 18.2 Å². The summed E-state index contributed by atoms with van der Waals surface area (Å²) in [6, 6.07) is 10.9. The molecule has 2 aromatic carbocycles. The van der Waals surface area contributed by atoms with E-state index in [1.807, 2.05) is 19.0 Å². The molecule has 0 saturated heterocycles. The average molecular weight is 409 g/mol. The first kappa shape index (κ1) is 21.6. The molecule has 7 nitrogen and oxygen atoms in total. The Morgan fingerprint density at radius 3 is 2.68 bits per heavy atom. The topological polar surface area (TPSA) is 73.4 Å². The molecule has 3 aromatic rings. The molecule has 0 aliphatic rings. The van der Waals surface area contributed by atoms with Crippen LogP contribution in [0.4, 0.5) is 10.1 Å². The maximum absolute atomic E-state index is 14.0. The summed E-state index contributed by atoms with van der Waals surface area (Å²) in [6.45, 7) is 1.50. The second kappa shape index (κ2) is 9.48. The van der Waals surface area contributed by atoms with Crippen LogP contribution in [0.25, 0.3) is 10.9 Å². The number of benzene rings is 2. The number of halogens is 2. The summed E-state index contributed by atoms with van der Waals surface area (Å²) in [5.74, 6) is 0.000286. The molecule has 0 spiro atoms. The molecule has 0 aliphatic heterocycles. The number of rotatable bonds is 8. The van der Waals surface area contributed by atoms with Crippen molar-refractivity contribution in [3.63, 3.8) is 0 Å². The number of ether oxygens (including phenoxy) is 1. The molecule has 9 heteroatoms. The van der Waals surface area contributed by atoms with Crippen molar-refractivity contribution in [2.75, 3.05) is 27.2 Å². The number of aromatic nitrogens is 2. The highest BCUT2D eigenvalue weighted by molar-refractivity contribution is 5.86. The number of nitro groups is 1. The van der Waals surface area contributed by atoms with E-state index >= 15 is 0 Å². The second-order valence-electron chi connectivity index (χ2n) is 6.52. The highest BCUT2D eigenvalue weighted by Crippen LogP contribution is 2.29. The second-order valence-corrected chi connectivity index (χ2v) is 6.52. The van der Waals surface area contributed by atoms with Gasteiger partial charge < -0.3 is 9.64 Å². The Balaban J connectivity index is 0.00000280. The van der Waals surface area contributed by atoms with Gasteiger partial charge in [0.15, 0.2) is 0 Å². The van der Waals surface area contributed by atoms with Gasteiger partial charge in [-0.25, -0.2) is 4.39 Å². The standard InChI is InChI=1S/C19H21FN4O3.ClH/c1-22(2)10-5-11-27-19-16-12-15(24(25)26)8-9-18(16)23(21-19)13-14-6-3-4-7-17(14)20;/h3-4,6-9,12H,5,10-11,13H2,1-2H3;1H. The third-order valence-electron chi connectivity index (χ3n) is 4.18. The third kappa shape index (κ3) is 4.96. The van der Waals surface area contributed by atoms with E-state index < -0.39 is 4.92 Å². The van der Waals surface area contributed by atoms with E-state index in [0.717, 1.165) is 13.0 Å². The zero-order chi connectivity index (χ0) is 19.4. The van der Waals surface area contributed by atoms with Gasteiger partial charge in [0.05, 0.1) is 29.0 Å². The molecule has 0 saturated carbocycles. The van der Waals surface area contributed by atoms with Crippen molar-refractivity contribution in [3.05, 3.63) is 64.0 Å². The van der Waals surface area contributed by atoms with Crippen LogP contribution >= 0.6 is 12.4 Å². The maximum atomic E-state index is 14.0. The fourth-order valence-electron chi connectivity index (χ4n) is 2.82. The zero-order valence-electron chi connectivity index (χ0n) is 15.7. The molecule has 0 fully saturated rings. The predicted molar refractivity (Wildman–Crippen MR) is 108 cm³/mol. The van der Waals surface area contributed by atoms with Gasteiger partial charge in [-0.05, 0) is 32.6 Å². The van der Waals surface area contributed by atoms with Gasteiger partial charge >= 0.3 is 0 Å². The lowest BCUT2D eigenvalue weighted by atomic mass is 10.2. The minimum atomic E-state index is -0.455. The van der Waals surface area contributed by atoms with Crippen molar-refractivity contribution in [1.82, 2.24) is 14.7 Å². The molecule has 1 aromatic heterocycles. The first-order chi connectivity index (χ1) is 13.0. The van der Waals surface area contributed by atoms with Crippen molar-refractivity contribution < 1.29 is 14.1 Å². The van der Waals surface area contributed by atoms with Crippen LogP contribution in [0.1, 0.15) is 12.0 Å². The number of nitro benzene ring substituents is 1. The Bertz CT molecular complexity index is 962. The molecular formula is C19H22ClFN4O3. The Morgan fingerprint density at radius 1 is 1.25 bits per heavy atom. The Labute approximate surface area is 168 Å². The highest BCUT2D eigenvalue weighted by atomic mass is 35.5. The van der Waals surface area contributed by atoms with Crippen LogP contribution in [0.2, 0.25) is 0 Å². The summed E-state index contributed by atoms with van der Waals surface area (Å²) in [5.41, 5.74) is 1.11. The first-order valence-corrected chi connectivity index (χ1v) is 8.61. The van der Waals surface area contributed by atoms with Gasteiger partial charge in [-0.2, -0.15) is 0 Å². The van der Waals surface area contributed by atoms with Crippen LogP contribution in [-0.2, 0) is 6.54 Å². The molecule has 0 unspecified atom stereocenters. The maximum Gasteiger partial charge on any atom is 0.270 e. The molecule has 150 valence electrons. The monoisotopic (exact) mass is 408 g/mol. The molecule has 0 bridgehead atoms. The van der Waals surface area contributed by atoms with E-state index in [-0.39, 0.29) is 30.5 Å². The Kier molecular flexibility index (Phi) is 7.31. The smallest absolute Gasteiger partial charge is 0.270 e. The van der Waals surface area contributed by atoms with E-state index in [0.29, 0.717) is 29.0 Å². The lowest BCUT2D eigenvalue weighted by Gasteiger charge is -2.09. The highest BCUT2D eigenvalue weighted by Gasteiger charge is 2.17. The van der Waals surface area contributed by atoms with E-state index in [4.69, 9.17) is 4.74 Å². The Hall–Kier alpha value is -2.71. The number of hydrogen-bond acceptors (Lipinski definition) is 5. The van der Waals surface area contributed by atoms with Crippen molar-refractivity contribution in [3.8, 4) is 5.88 Å². The molecule has 0 amide bonds. The van der Waals surface area contributed by atoms with Crippen LogP contribution in [0.5, 0.6) is 5.88 Å². The Morgan fingerprint density at radius 2 is 2.00 bits per heavy atom. The summed E-state index contributed by atoms with van der Waals surface area (Å²) in [5, 5.41) is 16.1. The van der Waals surface area contributed by atoms with Crippen molar-refractivity contribution in [2.45, 2.75) is 13.0 Å². The summed E-state index contributed by atoms with van der Waals surface area (Å²) >= 11 is 0. The molecule has 1 heterocycles. The van der Waals surface area contributed by atoms with Crippen LogP contribution < -0.4 is 4.74 Å². The van der Waals surface area contributed by atoms with Gasteiger partial charge in [-0.15, -0.1) is 17.5 Å². The third-order valence-corrected chi connectivity index (χ3v) is 4.18. The van der Waals surface area contributed by atoms with Gasteiger partial charge in [0.25, 0.3) is 5.69 Å². The molecule has 0 N–H and O–H groups in total. The zero-order valence-corrected chi connectivity index (χ0v) is 16.5. The number of fused-ring (bicyclic) bond motifs is 1. The molecule has 0 aliphatic carbocycles. The largest absolute Gasteiger partial charge is 0.476 e. The van der Waals surface area contributed by atoms with Crippen LogP contribution in [0, 0.1) is 15.9 Å². The van der Waals surface area contributed by atoms with Crippen LogP contribution in [-0.4, -0.2) is 46.9 Å². The van der Waals surface area contributed by atoms with E-state index in [1.54, 1.807) is 28.9 Å². The van der Waals surface area contributed by atoms with Crippen molar-refractivity contribution in [2.24, 2.45) is 0 Å². The molecule has 28 heavy (non-hydrogen) atoms. The molecular weight excluding hydrogens is 387 g/mol. The van der Waals surface area contributed by atoms with Gasteiger partial charge in [-0.3, -0.25) is 14.8 Å². The minimum absolute atomic E-state index is 0. The summed E-state index contributed by atoms with van der Waals surface area (Å²) < 4.78 is 21.4. The van der Waals surface area contributed by atoms with Crippen molar-refractivity contribution >= 4 is 29.0 Å². The summed E-state index contributed by atoms with van der Waals surface area (Å²) in [6.07, 6.45) is 0.795. The van der Waals surface area contributed by atoms with Crippen LogP contribution in [0.3, 0.4) is 0 Å². The number of hydrogen-bond donors (Lipinski definition) is 0. The van der Waals surface area contributed by atoms with E-state index in [9.17, 15) is 14.5 Å². The average Bonchev–Trinajstić information content (AvgIpc) is 2.97. The summed E-state index contributed by atoms with van der Waals surface area (Å²) in [4.78, 5) is 12.7. The predicted octanol–water partition coefficient (Wildman–Crippen LogP) is 3.88. The number of non-ortho nitro benzene ring substituents is 1. The van der Waals surface area contributed by atoms with Crippen LogP contribution in [0.15, 0.2) is 42.5 Å².